The predicted molar refractivity (Wildman–Crippen MR) is 175 cm³/mol. The number of rotatable bonds is 5. The Balaban J connectivity index is 0.000000204. The maximum atomic E-state index is 14.2. The zero-order valence-electron chi connectivity index (χ0n) is 27.6. The Bertz CT molecular complexity index is 1940. The van der Waals surface area contributed by atoms with Gasteiger partial charge in [-0.3, -0.25) is 0 Å². The van der Waals surface area contributed by atoms with Gasteiger partial charge in [-0.05, 0) is 29.8 Å². The summed E-state index contributed by atoms with van der Waals surface area (Å²) in [6.45, 7) is 7.57. The van der Waals surface area contributed by atoms with E-state index < -0.39 is 25.1 Å². The number of nitrogens with zero attached hydrogens (tertiary/aromatic N) is 2. The van der Waals surface area contributed by atoms with Crippen LogP contribution in [-0.2, 0) is 20.1 Å². The number of halogens is 1. The Kier molecular flexibility index (Phi) is 9.52. The third-order valence-electron chi connectivity index (χ3n) is 7.24. The number of benzene rings is 3. The van der Waals surface area contributed by atoms with Crippen molar-refractivity contribution in [1.29, 1.82) is 0 Å². The number of hydrogen-bond donors (Lipinski definition) is 0. The van der Waals surface area contributed by atoms with Crippen molar-refractivity contribution in [3.63, 3.8) is 0 Å². The van der Waals surface area contributed by atoms with Crippen LogP contribution in [0.5, 0.6) is 0 Å². The molecule has 0 bridgehead atoms. The van der Waals surface area contributed by atoms with Gasteiger partial charge in [0.25, 0.3) is 0 Å². The van der Waals surface area contributed by atoms with Crippen LogP contribution >= 0.6 is 0 Å². The molecule has 0 fully saturated rings. The molecule has 1 radical (unpaired) electrons. The largest absolute Gasteiger partial charge is 0.500 e. The van der Waals surface area contributed by atoms with Crippen molar-refractivity contribution in [2.45, 2.75) is 56.8 Å². The van der Waals surface area contributed by atoms with Crippen LogP contribution in [0.25, 0.3) is 44.5 Å². The molecule has 0 aliphatic heterocycles. The van der Waals surface area contributed by atoms with E-state index in [1.54, 1.807) is 30.5 Å². The standard InChI is InChI=1S/C20H15FNO.C17H22GeN.Ir/c1-12(2)13-9-10-22-17(11-13)14-5-3-6-15-19-16(21)7-4-8-18(19)23-20(14)15;1-13(2)15-11-17(14-9-7-6-8-10-14)19-12-16(15)18(3,4)5;/h3-4,6-12H,1-2H3;6-9,11-13H,1-5H3;/q2*-1;/i12D;13D;. The zero-order chi connectivity index (χ0) is 31.9. The van der Waals surface area contributed by atoms with Gasteiger partial charge in [0.1, 0.15) is 11.4 Å². The number of fused-ring (bicyclic) bond motifs is 3. The van der Waals surface area contributed by atoms with Gasteiger partial charge in [-0.2, -0.15) is 0 Å². The molecule has 3 aromatic carbocycles. The van der Waals surface area contributed by atoms with Crippen molar-refractivity contribution in [2.24, 2.45) is 0 Å². The molecule has 0 spiro atoms. The van der Waals surface area contributed by atoms with Gasteiger partial charge < -0.3 is 9.40 Å². The van der Waals surface area contributed by atoms with Crippen molar-refractivity contribution in [3.05, 3.63) is 114 Å². The Morgan fingerprint density at radius 2 is 1.65 bits per heavy atom. The molecule has 0 atom stereocenters. The van der Waals surface area contributed by atoms with Gasteiger partial charge in [0.05, 0.1) is 5.58 Å². The first-order chi connectivity index (χ1) is 20.6. The summed E-state index contributed by atoms with van der Waals surface area (Å²) >= 11 is -2.03. The van der Waals surface area contributed by atoms with E-state index in [4.69, 9.17) is 7.16 Å². The summed E-state index contributed by atoms with van der Waals surface area (Å²) < 4.78 is 38.0. The number of hydrogen-bond acceptors (Lipinski definition) is 3. The maximum absolute atomic E-state index is 14.2. The Labute approximate surface area is 273 Å². The van der Waals surface area contributed by atoms with Crippen molar-refractivity contribution in [3.8, 4) is 22.5 Å². The molecule has 0 aliphatic rings. The summed E-state index contributed by atoms with van der Waals surface area (Å²) in [5.41, 5.74) is 6.27. The molecule has 3 heterocycles. The van der Waals surface area contributed by atoms with Crippen LogP contribution in [0.4, 0.5) is 4.39 Å². The summed E-state index contributed by atoms with van der Waals surface area (Å²) in [5, 5.41) is 1.17. The topological polar surface area (TPSA) is 38.9 Å². The molecule has 0 saturated heterocycles. The molecule has 43 heavy (non-hydrogen) atoms. The minimum absolute atomic E-state index is 0. The first-order valence-electron chi connectivity index (χ1n) is 15.1. The van der Waals surface area contributed by atoms with Gasteiger partial charge in [0.15, 0.2) is 0 Å². The smallest absolute Gasteiger partial charge is 0.133 e. The van der Waals surface area contributed by atoms with Crippen LogP contribution in [0, 0.1) is 17.9 Å². The molecule has 6 rings (SSSR count). The quantitative estimate of drug-likeness (QED) is 0.129. The van der Waals surface area contributed by atoms with Crippen molar-refractivity contribution >= 4 is 39.6 Å². The second-order valence-electron chi connectivity index (χ2n) is 11.9. The first kappa shape index (κ1) is 29.9. The minimum Gasteiger partial charge on any atom is -0.500 e. The van der Waals surface area contributed by atoms with Gasteiger partial charge in [0.2, 0.25) is 0 Å². The summed E-state index contributed by atoms with van der Waals surface area (Å²) in [6.07, 6.45) is 3.68. The Hall–Kier alpha value is -3.12. The van der Waals surface area contributed by atoms with Gasteiger partial charge in [-0.15, -0.1) is 18.2 Å². The van der Waals surface area contributed by atoms with Gasteiger partial charge >= 0.3 is 120 Å². The van der Waals surface area contributed by atoms with E-state index in [0.717, 1.165) is 22.4 Å². The van der Waals surface area contributed by atoms with Crippen molar-refractivity contribution in [2.75, 3.05) is 0 Å². The fourth-order valence-electron chi connectivity index (χ4n) is 4.98. The third-order valence-corrected chi connectivity index (χ3v) is 11.5. The number of pyridine rings is 2. The minimum atomic E-state index is -2.03. The van der Waals surface area contributed by atoms with E-state index in [1.807, 2.05) is 70.3 Å². The van der Waals surface area contributed by atoms with Crippen LogP contribution in [-0.4, -0.2) is 23.2 Å². The predicted octanol–water partition coefficient (Wildman–Crippen LogP) is 9.93. The molecule has 0 amide bonds. The van der Waals surface area contributed by atoms with Gasteiger partial charge in [0, 0.05) is 33.1 Å². The molecule has 6 aromatic rings. The number of aromatic nitrogens is 2. The summed E-state index contributed by atoms with van der Waals surface area (Å²) in [4.78, 5) is 9.02. The molecule has 223 valence electrons. The second kappa shape index (κ2) is 13.7. The van der Waals surface area contributed by atoms with E-state index in [-0.39, 0.29) is 25.9 Å². The first-order valence-corrected chi connectivity index (χ1v) is 21.5. The maximum Gasteiger partial charge on any atom is 0.133 e. The molecule has 0 saturated carbocycles. The van der Waals surface area contributed by atoms with Gasteiger partial charge in [-0.25, -0.2) is 4.39 Å². The molecule has 0 unspecified atom stereocenters. The van der Waals surface area contributed by atoms with Crippen LogP contribution in [0.2, 0.25) is 17.3 Å². The molecule has 0 N–H and O–H groups in total. The van der Waals surface area contributed by atoms with Gasteiger partial charge in [-0.1, -0.05) is 42.5 Å². The summed E-state index contributed by atoms with van der Waals surface area (Å²) in [7, 11) is 0. The van der Waals surface area contributed by atoms with Crippen LogP contribution in [0.1, 0.15) is 53.4 Å². The zero-order valence-corrected chi connectivity index (χ0v) is 30.1. The fraction of sp³-hybridized carbons (Fsp3) is 0.243. The Morgan fingerprint density at radius 1 is 0.860 bits per heavy atom. The normalized spacial score (nSPS) is 12.7. The molecular weight excluding hydrogens is 772 g/mol. The second-order valence-corrected chi connectivity index (χ2v) is 22.5. The van der Waals surface area contributed by atoms with E-state index in [1.165, 1.54) is 10.5 Å². The fourth-order valence-corrected chi connectivity index (χ4v) is 8.30. The number of furan rings is 1. The van der Waals surface area contributed by atoms with Crippen LogP contribution in [0.15, 0.2) is 89.6 Å². The Morgan fingerprint density at radius 3 is 2.33 bits per heavy atom. The van der Waals surface area contributed by atoms with E-state index in [9.17, 15) is 4.39 Å². The molecule has 6 heteroatoms. The third kappa shape index (κ3) is 7.17. The average Bonchev–Trinajstić information content (AvgIpc) is 3.36. The molecule has 3 nitrogen and oxygen atoms in total. The molecule has 3 aromatic heterocycles. The van der Waals surface area contributed by atoms with E-state index >= 15 is 0 Å². The van der Waals surface area contributed by atoms with Crippen LogP contribution < -0.4 is 4.40 Å². The SMILES string of the molecule is [2H]C(C)(C)c1cc(-c2[c-]cccc2)nc[c]1[Ge]([CH3])([CH3])[CH3].[2H]C(C)(C)c1ccnc(-c2[c-]ccc3c2oc2cccc(F)c23)c1.[Ir]. The monoisotopic (exact) mass is 813 g/mol. The molecular formula is C37H37FGeIrN2O-2. The average molecular weight is 812 g/mol. The van der Waals surface area contributed by atoms with E-state index in [0.29, 0.717) is 33.2 Å². The van der Waals surface area contributed by atoms with Crippen LogP contribution in [0.3, 0.4) is 0 Å². The van der Waals surface area contributed by atoms with E-state index in [2.05, 4.69) is 45.4 Å². The summed E-state index contributed by atoms with van der Waals surface area (Å²) in [5.74, 6) is 5.41. The van der Waals surface area contributed by atoms with Crippen molar-refractivity contribution in [1.82, 2.24) is 9.97 Å². The van der Waals surface area contributed by atoms with Crippen molar-refractivity contribution < 1.29 is 31.7 Å². The summed E-state index contributed by atoms with van der Waals surface area (Å²) in [6, 6.07) is 28.4. The molecule has 0 aliphatic carbocycles.